The maximum Gasteiger partial charge on any atom is 0.265 e. The number of carbonyl (C=O) groups excluding carboxylic acids is 3. The van der Waals surface area contributed by atoms with Crippen LogP contribution >= 0.6 is 0 Å². The molecule has 3 atom stereocenters. The van der Waals surface area contributed by atoms with E-state index in [1.54, 1.807) is 12.0 Å². The standard InChI is InChI=1S/C28H42N4O6/c1-18(2)11-21(16-33)30-27(35)19-12-20(15-29-14-19)28(36)32(22-5-6-22)23-7-8-25-24(13-23)31(9-4-10-37-3)26(34)17-38-25/h7-8,13,18-22,29,33H,4-6,9-12,14-17H2,1-3H3,(H,30,35)/t19-,20+,21?/m0/s1. The van der Waals surface area contributed by atoms with Gasteiger partial charge in [0.25, 0.3) is 5.91 Å². The maximum atomic E-state index is 13.9. The van der Waals surface area contributed by atoms with Crippen LogP contribution in [-0.4, -0.2) is 81.5 Å². The Hall–Kier alpha value is -2.69. The van der Waals surface area contributed by atoms with Crippen molar-refractivity contribution in [3.63, 3.8) is 0 Å². The summed E-state index contributed by atoms with van der Waals surface area (Å²) in [6.45, 7) is 6.08. The van der Waals surface area contributed by atoms with E-state index in [1.807, 2.05) is 23.1 Å². The molecule has 3 N–H and O–H groups in total. The Bertz CT molecular complexity index is 998. The number of benzene rings is 1. The number of hydrogen-bond donors (Lipinski definition) is 3. The summed E-state index contributed by atoms with van der Waals surface area (Å²) in [6, 6.07) is 5.43. The Morgan fingerprint density at radius 1 is 1.26 bits per heavy atom. The summed E-state index contributed by atoms with van der Waals surface area (Å²) in [6.07, 6.45) is 3.70. The molecule has 1 aromatic rings. The van der Waals surface area contributed by atoms with Crippen LogP contribution in [0.4, 0.5) is 11.4 Å². The van der Waals surface area contributed by atoms with Crippen LogP contribution in [0, 0.1) is 17.8 Å². The highest BCUT2D eigenvalue weighted by atomic mass is 16.5. The normalized spacial score (nSPS) is 22.0. The smallest absolute Gasteiger partial charge is 0.265 e. The van der Waals surface area contributed by atoms with Crippen molar-refractivity contribution < 1.29 is 29.0 Å². The number of fused-ring (bicyclic) bond motifs is 1. The van der Waals surface area contributed by atoms with E-state index in [1.165, 1.54) is 0 Å². The van der Waals surface area contributed by atoms with Gasteiger partial charge in [0.2, 0.25) is 11.8 Å². The monoisotopic (exact) mass is 530 g/mol. The van der Waals surface area contributed by atoms with Gasteiger partial charge in [0.1, 0.15) is 5.75 Å². The van der Waals surface area contributed by atoms with Crippen molar-refractivity contribution >= 4 is 29.1 Å². The van der Waals surface area contributed by atoms with Crippen LogP contribution in [-0.2, 0) is 19.1 Å². The number of amides is 3. The molecule has 1 unspecified atom stereocenters. The summed E-state index contributed by atoms with van der Waals surface area (Å²) < 4.78 is 10.8. The predicted molar refractivity (Wildman–Crippen MR) is 144 cm³/mol. The Labute approximate surface area is 225 Å². The molecule has 0 aromatic heterocycles. The molecule has 1 saturated carbocycles. The lowest BCUT2D eigenvalue weighted by Gasteiger charge is -2.35. The lowest BCUT2D eigenvalue weighted by molar-refractivity contribution is -0.129. The van der Waals surface area contributed by atoms with Crippen LogP contribution in [0.25, 0.3) is 0 Å². The molecule has 1 aromatic carbocycles. The van der Waals surface area contributed by atoms with E-state index in [9.17, 15) is 19.5 Å². The minimum Gasteiger partial charge on any atom is -0.482 e. The van der Waals surface area contributed by atoms with Crippen LogP contribution in [0.1, 0.15) is 46.0 Å². The van der Waals surface area contributed by atoms with Crippen molar-refractivity contribution in [3.05, 3.63) is 18.2 Å². The van der Waals surface area contributed by atoms with Gasteiger partial charge in [0, 0.05) is 45.1 Å². The number of anilines is 2. The molecule has 210 valence electrons. The minimum atomic E-state index is -0.343. The van der Waals surface area contributed by atoms with Gasteiger partial charge in [-0.25, -0.2) is 0 Å². The fourth-order valence-corrected chi connectivity index (χ4v) is 5.40. The second kappa shape index (κ2) is 12.9. The fraction of sp³-hybridized carbons (Fsp3) is 0.679. The second-order valence-electron chi connectivity index (χ2n) is 11.1. The average Bonchev–Trinajstić information content (AvgIpc) is 3.74. The van der Waals surface area contributed by atoms with Crippen molar-refractivity contribution in [2.75, 3.05) is 56.4 Å². The number of rotatable bonds is 12. The van der Waals surface area contributed by atoms with Crippen LogP contribution in [0.3, 0.4) is 0 Å². The molecule has 2 heterocycles. The Morgan fingerprint density at radius 2 is 2.03 bits per heavy atom. The van der Waals surface area contributed by atoms with E-state index >= 15 is 0 Å². The second-order valence-corrected chi connectivity index (χ2v) is 11.1. The highest BCUT2D eigenvalue weighted by molar-refractivity contribution is 6.01. The van der Waals surface area contributed by atoms with E-state index in [0.29, 0.717) is 62.9 Å². The van der Waals surface area contributed by atoms with Crippen LogP contribution in [0.5, 0.6) is 5.75 Å². The number of nitrogens with one attached hydrogen (secondary N) is 2. The molecule has 2 fully saturated rings. The summed E-state index contributed by atoms with van der Waals surface area (Å²) in [5.41, 5.74) is 1.42. The summed E-state index contributed by atoms with van der Waals surface area (Å²) in [7, 11) is 1.64. The number of hydrogen-bond acceptors (Lipinski definition) is 7. The quantitative estimate of drug-likeness (QED) is 0.352. The minimum absolute atomic E-state index is 0.00387. The molecule has 3 amide bonds. The zero-order chi connectivity index (χ0) is 27.2. The van der Waals surface area contributed by atoms with Crippen molar-refractivity contribution in [3.8, 4) is 5.75 Å². The van der Waals surface area contributed by atoms with E-state index in [2.05, 4.69) is 24.5 Å². The Kier molecular flexibility index (Phi) is 9.62. The van der Waals surface area contributed by atoms with Gasteiger partial charge in [0.15, 0.2) is 6.61 Å². The molecule has 4 rings (SSSR count). The number of piperidine rings is 1. The third-order valence-corrected chi connectivity index (χ3v) is 7.44. The van der Waals surface area contributed by atoms with E-state index in [4.69, 9.17) is 9.47 Å². The first-order valence-electron chi connectivity index (χ1n) is 13.8. The predicted octanol–water partition coefficient (Wildman–Crippen LogP) is 1.69. The third kappa shape index (κ3) is 6.84. The molecule has 38 heavy (non-hydrogen) atoms. The van der Waals surface area contributed by atoms with Gasteiger partial charge in [-0.3, -0.25) is 14.4 Å². The molecule has 3 aliphatic rings. The number of nitrogens with zero attached hydrogens (tertiary/aromatic N) is 2. The third-order valence-electron chi connectivity index (χ3n) is 7.44. The molecule has 10 nitrogen and oxygen atoms in total. The van der Waals surface area contributed by atoms with Crippen molar-refractivity contribution in [1.29, 1.82) is 0 Å². The first-order chi connectivity index (χ1) is 18.3. The Morgan fingerprint density at radius 3 is 2.71 bits per heavy atom. The summed E-state index contributed by atoms with van der Waals surface area (Å²) in [4.78, 5) is 43.1. The number of aliphatic hydroxyl groups is 1. The van der Waals surface area contributed by atoms with Gasteiger partial charge in [0.05, 0.1) is 30.2 Å². The lowest BCUT2D eigenvalue weighted by atomic mass is 9.88. The van der Waals surface area contributed by atoms with E-state index < -0.39 is 0 Å². The van der Waals surface area contributed by atoms with Crippen molar-refractivity contribution in [2.45, 2.75) is 58.0 Å². The number of aliphatic hydroxyl groups excluding tert-OH is 1. The van der Waals surface area contributed by atoms with Gasteiger partial charge in [-0.05, 0) is 56.2 Å². The maximum absolute atomic E-state index is 13.9. The zero-order valence-corrected chi connectivity index (χ0v) is 22.8. The SMILES string of the molecule is COCCCN1C(=O)COc2ccc(N(C(=O)[C@H]3CNC[C@@H](C(=O)NC(CO)CC(C)C)C3)C3CC3)cc21. The molecule has 1 saturated heterocycles. The molecule has 1 aliphatic carbocycles. The van der Waals surface area contributed by atoms with Gasteiger partial charge in [-0.2, -0.15) is 0 Å². The highest BCUT2D eigenvalue weighted by Crippen LogP contribution is 2.40. The van der Waals surface area contributed by atoms with E-state index in [0.717, 1.165) is 18.5 Å². The summed E-state index contributed by atoms with van der Waals surface area (Å²) in [5, 5.41) is 15.9. The van der Waals surface area contributed by atoms with Gasteiger partial charge in [-0.1, -0.05) is 13.8 Å². The largest absolute Gasteiger partial charge is 0.482 e. The van der Waals surface area contributed by atoms with Gasteiger partial charge >= 0.3 is 0 Å². The van der Waals surface area contributed by atoms with Crippen molar-refractivity contribution in [1.82, 2.24) is 10.6 Å². The zero-order valence-electron chi connectivity index (χ0n) is 22.8. The molecular weight excluding hydrogens is 488 g/mol. The van der Waals surface area contributed by atoms with Crippen LogP contribution in [0.15, 0.2) is 18.2 Å². The number of methoxy groups -OCH3 is 1. The number of ether oxygens (including phenoxy) is 2. The summed E-state index contributed by atoms with van der Waals surface area (Å²) >= 11 is 0. The molecular formula is C28H42N4O6. The van der Waals surface area contributed by atoms with Crippen LogP contribution in [0.2, 0.25) is 0 Å². The van der Waals surface area contributed by atoms with Gasteiger partial charge < -0.3 is 35.0 Å². The van der Waals surface area contributed by atoms with Crippen molar-refractivity contribution in [2.24, 2.45) is 17.8 Å². The molecule has 10 heteroatoms. The first-order valence-corrected chi connectivity index (χ1v) is 13.8. The fourth-order valence-electron chi connectivity index (χ4n) is 5.40. The average molecular weight is 531 g/mol. The first kappa shape index (κ1) is 28.3. The lowest BCUT2D eigenvalue weighted by Crippen LogP contribution is -2.51. The van der Waals surface area contributed by atoms with E-state index in [-0.39, 0.29) is 54.9 Å². The highest BCUT2D eigenvalue weighted by Gasteiger charge is 2.40. The molecule has 2 aliphatic heterocycles. The topological polar surface area (TPSA) is 120 Å². The molecule has 0 spiro atoms. The Balaban J connectivity index is 1.49. The van der Waals surface area contributed by atoms with Crippen LogP contribution < -0.4 is 25.2 Å². The molecule has 0 radical (unpaired) electrons. The van der Waals surface area contributed by atoms with Gasteiger partial charge in [-0.15, -0.1) is 0 Å². The number of carbonyl (C=O) groups is 3. The molecule has 0 bridgehead atoms. The summed E-state index contributed by atoms with van der Waals surface area (Å²) in [5.74, 6) is 0.0573.